The van der Waals surface area contributed by atoms with Crippen LogP contribution in [0.25, 0.3) is 0 Å². The lowest BCUT2D eigenvalue weighted by Gasteiger charge is -2.14. The quantitative estimate of drug-likeness (QED) is 0.778. The second kappa shape index (κ2) is 3.98. The van der Waals surface area contributed by atoms with Crippen molar-refractivity contribution in [1.29, 1.82) is 0 Å². The lowest BCUT2D eigenvalue weighted by atomic mass is 10.1. The Morgan fingerprint density at radius 1 is 1.60 bits per heavy atom. The van der Waals surface area contributed by atoms with Crippen molar-refractivity contribution in [2.75, 3.05) is 24.2 Å². The Hall–Kier alpha value is -0.810. The van der Waals surface area contributed by atoms with Crippen LogP contribution in [-0.4, -0.2) is 23.2 Å². The van der Waals surface area contributed by atoms with Crippen LogP contribution in [0.15, 0.2) is 16.7 Å². The molecular formula is C10H14BrN3O. The van der Waals surface area contributed by atoms with Crippen LogP contribution in [0.5, 0.6) is 0 Å². The molecule has 1 heterocycles. The molecule has 82 valence electrons. The number of aromatic nitrogens is 1. The van der Waals surface area contributed by atoms with E-state index in [-0.39, 0.29) is 12.0 Å². The van der Waals surface area contributed by atoms with E-state index in [0.29, 0.717) is 5.69 Å². The van der Waals surface area contributed by atoms with Gasteiger partial charge in [-0.25, -0.2) is 4.98 Å². The molecule has 1 aromatic rings. The van der Waals surface area contributed by atoms with Crippen molar-refractivity contribution in [3.05, 3.63) is 16.7 Å². The zero-order valence-electron chi connectivity index (χ0n) is 8.33. The van der Waals surface area contributed by atoms with Crippen LogP contribution in [0.2, 0.25) is 0 Å². The van der Waals surface area contributed by atoms with Gasteiger partial charge < -0.3 is 16.2 Å². The zero-order valence-corrected chi connectivity index (χ0v) is 9.92. The standard InChI is InChI=1S/C10H14BrN3O/c11-8-3-7(12)4-13-9(8)14-5-10(6-15)1-2-10/h3-4,15H,1-2,5-6,12H2,(H,13,14). The Morgan fingerprint density at radius 2 is 2.33 bits per heavy atom. The molecule has 4 nitrogen and oxygen atoms in total. The Morgan fingerprint density at radius 3 is 2.87 bits per heavy atom. The highest BCUT2D eigenvalue weighted by Gasteiger charge is 2.41. The maximum atomic E-state index is 9.16. The predicted octanol–water partition coefficient (Wildman–Crippen LogP) is 1.61. The summed E-state index contributed by atoms with van der Waals surface area (Å²) in [5, 5.41) is 12.4. The second-order valence-corrected chi connectivity index (χ2v) is 4.97. The van der Waals surface area contributed by atoms with Gasteiger partial charge in [0.2, 0.25) is 0 Å². The van der Waals surface area contributed by atoms with Crippen molar-refractivity contribution in [2.24, 2.45) is 5.41 Å². The average molecular weight is 272 g/mol. The molecule has 0 radical (unpaired) electrons. The molecule has 1 aromatic heterocycles. The first kappa shape index (κ1) is 10.7. The smallest absolute Gasteiger partial charge is 0.140 e. The summed E-state index contributed by atoms with van der Waals surface area (Å²) in [6.45, 7) is 1.01. The lowest BCUT2D eigenvalue weighted by Crippen LogP contribution is -2.19. The molecular weight excluding hydrogens is 258 g/mol. The lowest BCUT2D eigenvalue weighted by molar-refractivity contribution is 0.219. The molecule has 1 aliphatic rings. The van der Waals surface area contributed by atoms with Gasteiger partial charge in [0, 0.05) is 12.0 Å². The molecule has 5 heteroatoms. The zero-order chi connectivity index (χ0) is 10.9. The number of nitrogens with zero attached hydrogens (tertiary/aromatic N) is 1. The van der Waals surface area contributed by atoms with Crippen LogP contribution in [-0.2, 0) is 0 Å². The fourth-order valence-electron chi connectivity index (χ4n) is 1.42. The van der Waals surface area contributed by atoms with Gasteiger partial charge in [0.1, 0.15) is 5.82 Å². The van der Waals surface area contributed by atoms with Crippen molar-refractivity contribution >= 4 is 27.4 Å². The Labute approximate surface area is 97.0 Å². The molecule has 0 spiro atoms. The summed E-state index contributed by atoms with van der Waals surface area (Å²) in [6, 6.07) is 1.81. The number of nitrogens with two attached hydrogens (primary N) is 1. The fourth-order valence-corrected chi connectivity index (χ4v) is 1.93. The van der Waals surface area contributed by atoms with E-state index in [0.717, 1.165) is 29.7 Å². The highest BCUT2D eigenvalue weighted by Crippen LogP contribution is 2.45. The number of rotatable bonds is 4. The molecule has 0 atom stereocenters. The number of aliphatic hydroxyl groups excluding tert-OH is 1. The molecule has 0 aliphatic heterocycles. The van der Waals surface area contributed by atoms with E-state index >= 15 is 0 Å². The van der Waals surface area contributed by atoms with E-state index in [9.17, 15) is 0 Å². The first-order valence-corrected chi connectivity index (χ1v) is 5.70. The number of aliphatic hydroxyl groups is 1. The molecule has 2 rings (SSSR count). The second-order valence-electron chi connectivity index (χ2n) is 4.11. The van der Waals surface area contributed by atoms with Crippen molar-refractivity contribution in [1.82, 2.24) is 4.98 Å². The van der Waals surface area contributed by atoms with E-state index in [1.54, 1.807) is 6.20 Å². The van der Waals surface area contributed by atoms with Crippen LogP contribution in [0.3, 0.4) is 0 Å². The van der Waals surface area contributed by atoms with Gasteiger partial charge in [0.15, 0.2) is 0 Å². The third kappa shape index (κ3) is 2.41. The van der Waals surface area contributed by atoms with E-state index in [2.05, 4.69) is 26.2 Å². The van der Waals surface area contributed by atoms with Gasteiger partial charge >= 0.3 is 0 Å². The molecule has 0 bridgehead atoms. The summed E-state index contributed by atoms with van der Waals surface area (Å²) in [5.41, 5.74) is 6.31. The minimum Gasteiger partial charge on any atom is -0.397 e. The van der Waals surface area contributed by atoms with Crippen LogP contribution in [0, 0.1) is 5.41 Å². The molecule has 15 heavy (non-hydrogen) atoms. The third-order valence-electron chi connectivity index (χ3n) is 2.79. The molecule has 1 saturated carbocycles. The number of hydrogen-bond donors (Lipinski definition) is 3. The van der Waals surface area contributed by atoms with Crippen molar-refractivity contribution in [3.63, 3.8) is 0 Å². The summed E-state index contributed by atoms with van der Waals surface area (Å²) < 4.78 is 0.858. The minimum atomic E-state index is 0.0858. The molecule has 0 unspecified atom stereocenters. The Bertz CT molecular complexity index is 366. The highest BCUT2D eigenvalue weighted by molar-refractivity contribution is 9.10. The minimum absolute atomic E-state index is 0.0858. The SMILES string of the molecule is Nc1cnc(NCC2(CO)CC2)c(Br)c1. The van der Waals surface area contributed by atoms with Crippen LogP contribution < -0.4 is 11.1 Å². The van der Waals surface area contributed by atoms with E-state index in [1.807, 2.05) is 6.07 Å². The summed E-state index contributed by atoms with van der Waals surface area (Å²) >= 11 is 3.39. The number of hydrogen-bond acceptors (Lipinski definition) is 4. The molecule has 0 aromatic carbocycles. The van der Waals surface area contributed by atoms with Gasteiger partial charge in [-0.2, -0.15) is 0 Å². The third-order valence-corrected chi connectivity index (χ3v) is 3.39. The van der Waals surface area contributed by atoms with Gasteiger partial charge in [-0.3, -0.25) is 0 Å². The van der Waals surface area contributed by atoms with E-state index < -0.39 is 0 Å². The summed E-state index contributed by atoms with van der Waals surface area (Å²) in [5.74, 6) is 0.781. The topological polar surface area (TPSA) is 71.2 Å². The van der Waals surface area contributed by atoms with Gasteiger partial charge in [-0.05, 0) is 34.8 Å². The first-order chi connectivity index (χ1) is 7.15. The molecule has 0 amide bonds. The van der Waals surface area contributed by atoms with Gasteiger partial charge in [-0.15, -0.1) is 0 Å². The molecule has 1 aliphatic carbocycles. The van der Waals surface area contributed by atoms with Crippen LogP contribution in [0.4, 0.5) is 11.5 Å². The van der Waals surface area contributed by atoms with Crippen LogP contribution in [0.1, 0.15) is 12.8 Å². The summed E-state index contributed by atoms with van der Waals surface area (Å²) in [4.78, 5) is 4.18. The molecule has 1 fully saturated rings. The van der Waals surface area contributed by atoms with E-state index in [1.165, 1.54) is 0 Å². The number of anilines is 2. The molecule has 4 N–H and O–H groups in total. The monoisotopic (exact) mass is 271 g/mol. The first-order valence-electron chi connectivity index (χ1n) is 4.91. The average Bonchev–Trinajstić information content (AvgIpc) is 2.97. The Kier molecular flexibility index (Phi) is 2.84. The van der Waals surface area contributed by atoms with Crippen molar-refractivity contribution in [2.45, 2.75) is 12.8 Å². The van der Waals surface area contributed by atoms with Crippen LogP contribution >= 0.6 is 15.9 Å². The number of halogens is 1. The number of pyridine rings is 1. The van der Waals surface area contributed by atoms with Gasteiger partial charge in [-0.1, -0.05) is 0 Å². The van der Waals surface area contributed by atoms with Crippen molar-refractivity contribution < 1.29 is 5.11 Å². The largest absolute Gasteiger partial charge is 0.397 e. The van der Waals surface area contributed by atoms with Gasteiger partial charge in [0.05, 0.1) is 23.0 Å². The molecule has 0 saturated heterocycles. The summed E-state index contributed by atoms with van der Waals surface area (Å²) in [6.07, 6.45) is 3.79. The van der Waals surface area contributed by atoms with Crippen molar-refractivity contribution in [3.8, 4) is 0 Å². The maximum Gasteiger partial charge on any atom is 0.140 e. The summed E-state index contributed by atoms with van der Waals surface area (Å²) in [7, 11) is 0. The highest BCUT2D eigenvalue weighted by atomic mass is 79.9. The van der Waals surface area contributed by atoms with E-state index in [4.69, 9.17) is 10.8 Å². The number of nitrogen functional groups attached to an aromatic ring is 1. The Balaban J connectivity index is 1.99. The predicted molar refractivity (Wildman–Crippen MR) is 63.6 cm³/mol. The fraction of sp³-hybridized carbons (Fsp3) is 0.500. The normalized spacial score (nSPS) is 17.5. The maximum absolute atomic E-state index is 9.16. The number of nitrogens with one attached hydrogen (secondary N) is 1. The van der Waals surface area contributed by atoms with Gasteiger partial charge in [0.25, 0.3) is 0 Å².